The zero-order valence-electron chi connectivity index (χ0n) is 11.2. The van der Waals surface area contributed by atoms with Gasteiger partial charge in [0.15, 0.2) is 0 Å². The van der Waals surface area contributed by atoms with Crippen molar-refractivity contribution in [2.45, 2.75) is 11.8 Å². The molecular formula is C13H17N3O3S. The maximum atomic E-state index is 11.9. The number of nitrogens with one attached hydrogen (secondary N) is 1. The molecule has 1 heterocycles. The lowest BCUT2D eigenvalue weighted by atomic mass is 10.3. The lowest BCUT2D eigenvalue weighted by Gasteiger charge is -2.13. The number of anilines is 1. The van der Waals surface area contributed by atoms with Gasteiger partial charge in [0.25, 0.3) is 0 Å². The van der Waals surface area contributed by atoms with Crippen molar-refractivity contribution in [1.82, 2.24) is 10.2 Å². The number of nitrogens with zero attached hydrogens (tertiary/aromatic N) is 1. The van der Waals surface area contributed by atoms with Crippen molar-refractivity contribution in [1.29, 1.82) is 0 Å². The first-order valence-electron chi connectivity index (χ1n) is 6.35. The number of imide groups is 1. The number of nitrogen functional groups attached to an aromatic ring is 1. The van der Waals surface area contributed by atoms with Gasteiger partial charge in [-0.15, -0.1) is 11.8 Å². The summed E-state index contributed by atoms with van der Waals surface area (Å²) in [5.74, 6) is 0.675. The van der Waals surface area contributed by atoms with Gasteiger partial charge < -0.3 is 15.8 Å². The van der Waals surface area contributed by atoms with Crippen molar-refractivity contribution >= 4 is 29.4 Å². The van der Waals surface area contributed by atoms with Crippen molar-refractivity contribution in [2.24, 2.45) is 0 Å². The largest absolute Gasteiger partial charge is 0.494 e. The average Bonchev–Trinajstić information content (AvgIpc) is 2.85. The molecule has 0 bridgehead atoms. The molecule has 7 heteroatoms. The van der Waals surface area contributed by atoms with E-state index in [1.165, 1.54) is 16.7 Å². The molecule has 0 saturated carbocycles. The van der Waals surface area contributed by atoms with Crippen LogP contribution in [0.25, 0.3) is 0 Å². The number of urea groups is 1. The Kier molecular flexibility index (Phi) is 4.73. The first kappa shape index (κ1) is 14.5. The molecule has 1 aromatic carbocycles. The van der Waals surface area contributed by atoms with Gasteiger partial charge in [-0.3, -0.25) is 9.69 Å². The fourth-order valence-corrected chi connectivity index (χ4v) is 2.69. The number of amides is 3. The van der Waals surface area contributed by atoms with Crippen LogP contribution in [0.1, 0.15) is 6.92 Å². The van der Waals surface area contributed by atoms with Crippen LogP contribution in [0.5, 0.6) is 5.75 Å². The summed E-state index contributed by atoms with van der Waals surface area (Å²) in [6.45, 7) is 3.41. The summed E-state index contributed by atoms with van der Waals surface area (Å²) in [5, 5.41) is 2.60. The molecule has 0 atom stereocenters. The number of ether oxygens (including phenoxy) is 1. The van der Waals surface area contributed by atoms with Crippen LogP contribution in [0.2, 0.25) is 0 Å². The number of thioether (sulfide) groups is 1. The summed E-state index contributed by atoms with van der Waals surface area (Å²) in [5.41, 5.74) is 6.47. The van der Waals surface area contributed by atoms with Gasteiger partial charge in [-0.05, 0) is 25.1 Å². The quantitative estimate of drug-likeness (QED) is 0.632. The first-order chi connectivity index (χ1) is 9.61. The second-order valence-corrected chi connectivity index (χ2v) is 5.22. The van der Waals surface area contributed by atoms with Crippen LogP contribution < -0.4 is 15.8 Å². The molecule has 1 saturated heterocycles. The SMILES string of the molecule is CCOc1ccc(N)c(SCC(=O)N2CCNC2=O)c1. The van der Waals surface area contributed by atoms with Gasteiger partial charge in [0, 0.05) is 23.7 Å². The Labute approximate surface area is 121 Å². The van der Waals surface area contributed by atoms with Gasteiger partial charge >= 0.3 is 6.03 Å². The zero-order valence-corrected chi connectivity index (χ0v) is 12.0. The molecule has 3 amide bonds. The molecule has 0 aromatic heterocycles. The van der Waals surface area contributed by atoms with Crippen molar-refractivity contribution in [3.05, 3.63) is 18.2 Å². The molecule has 6 nitrogen and oxygen atoms in total. The molecule has 3 N–H and O–H groups in total. The lowest BCUT2D eigenvalue weighted by molar-refractivity contribution is -0.124. The first-order valence-corrected chi connectivity index (χ1v) is 7.33. The molecular weight excluding hydrogens is 278 g/mol. The van der Waals surface area contributed by atoms with Gasteiger partial charge in [-0.25, -0.2) is 4.79 Å². The van der Waals surface area contributed by atoms with Gasteiger partial charge in [-0.1, -0.05) is 0 Å². The average molecular weight is 295 g/mol. The molecule has 0 radical (unpaired) electrons. The Balaban J connectivity index is 1.97. The van der Waals surface area contributed by atoms with E-state index >= 15 is 0 Å². The molecule has 108 valence electrons. The van der Waals surface area contributed by atoms with Crippen molar-refractivity contribution in [3.8, 4) is 5.75 Å². The number of benzene rings is 1. The highest BCUT2D eigenvalue weighted by molar-refractivity contribution is 8.00. The Morgan fingerprint density at radius 1 is 1.55 bits per heavy atom. The zero-order chi connectivity index (χ0) is 14.5. The standard InChI is InChI=1S/C13H17N3O3S/c1-2-19-9-3-4-10(14)11(7-9)20-8-12(17)16-6-5-15-13(16)18/h3-4,7H,2,5-6,8,14H2,1H3,(H,15,18). The molecule has 2 rings (SSSR count). The summed E-state index contributed by atoms with van der Waals surface area (Å²) in [4.78, 5) is 25.3. The van der Waals surface area contributed by atoms with Crippen molar-refractivity contribution in [3.63, 3.8) is 0 Å². The Morgan fingerprint density at radius 3 is 3.00 bits per heavy atom. The van der Waals surface area contributed by atoms with Gasteiger partial charge in [0.2, 0.25) is 5.91 Å². The third-order valence-electron chi connectivity index (χ3n) is 2.81. The predicted octanol–water partition coefficient (Wildman–Crippen LogP) is 1.31. The molecule has 0 aliphatic carbocycles. The Hall–Kier alpha value is -1.89. The second kappa shape index (κ2) is 6.51. The summed E-state index contributed by atoms with van der Waals surface area (Å²) in [6.07, 6.45) is 0. The second-order valence-electron chi connectivity index (χ2n) is 4.20. The Bertz CT molecular complexity index is 522. The minimum absolute atomic E-state index is 0.174. The van der Waals surface area contributed by atoms with E-state index in [1.54, 1.807) is 18.2 Å². The highest BCUT2D eigenvalue weighted by Gasteiger charge is 2.25. The fraction of sp³-hybridized carbons (Fsp3) is 0.385. The molecule has 1 aromatic rings. The maximum absolute atomic E-state index is 11.9. The van der Waals surface area contributed by atoms with E-state index in [1.807, 2.05) is 6.92 Å². The van der Waals surface area contributed by atoms with Crippen LogP contribution in [0.4, 0.5) is 10.5 Å². The molecule has 1 aliphatic heterocycles. The molecule has 0 unspecified atom stereocenters. The van der Waals surface area contributed by atoms with Gasteiger partial charge in [-0.2, -0.15) is 0 Å². The van der Waals surface area contributed by atoms with Crippen LogP contribution in [0.15, 0.2) is 23.1 Å². The summed E-state index contributed by atoms with van der Waals surface area (Å²) in [7, 11) is 0. The highest BCUT2D eigenvalue weighted by Crippen LogP contribution is 2.29. The van der Waals surface area contributed by atoms with E-state index in [0.717, 1.165) is 10.6 Å². The third kappa shape index (κ3) is 3.36. The van der Waals surface area contributed by atoms with Crippen LogP contribution in [0, 0.1) is 0 Å². The number of carbonyl (C=O) groups excluding carboxylic acids is 2. The summed E-state index contributed by atoms with van der Waals surface area (Å²) in [6, 6.07) is 5.02. The van der Waals surface area contributed by atoms with Crippen LogP contribution >= 0.6 is 11.8 Å². The maximum Gasteiger partial charge on any atom is 0.324 e. The minimum atomic E-state index is -0.327. The van der Waals surface area contributed by atoms with E-state index < -0.39 is 0 Å². The van der Waals surface area contributed by atoms with E-state index in [4.69, 9.17) is 10.5 Å². The highest BCUT2D eigenvalue weighted by atomic mass is 32.2. The van der Waals surface area contributed by atoms with E-state index in [-0.39, 0.29) is 17.7 Å². The Morgan fingerprint density at radius 2 is 2.35 bits per heavy atom. The van der Waals surface area contributed by atoms with Gasteiger partial charge in [0.1, 0.15) is 5.75 Å². The molecule has 1 fully saturated rings. The van der Waals surface area contributed by atoms with Crippen LogP contribution in [0.3, 0.4) is 0 Å². The number of nitrogens with two attached hydrogens (primary N) is 1. The monoisotopic (exact) mass is 295 g/mol. The smallest absolute Gasteiger partial charge is 0.324 e. The molecule has 20 heavy (non-hydrogen) atoms. The number of carbonyl (C=O) groups is 2. The lowest BCUT2D eigenvalue weighted by Crippen LogP contribution is -2.35. The van der Waals surface area contributed by atoms with E-state index in [9.17, 15) is 9.59 Å². The fourth-order valence-electron chi connectivity index (χ4n) is 1.82. The van der Waals surface area contributed by atoms with Crippen LogP contribution in [-0.4, -0.2) is 42.3 Å². The van der Waals surface area contributed by atoms with Crippen molar-refractivity contribution in [2.75, 3.05) is 31.2 Å². The van der Waals surface area contributed by atoms with Crippen molar-refractivity contribution < 1.29 is 14.3 Å². The minimum Gasteiger partial charge on any atom is -0.494 e. The number of hydrogen-bond acceptors (Lipinski definition) is 5. The predicted molar refractivity (Wildman–Crippen MR) is 77.9 cm³/mol. The topological polar surface area (TPSA) is 84.7 Å². The summed E-state index contributed by atoms with van der Waals surface area (Å²) >= 11 is 1.31. The third-order valence-corrected chi connectivity index (χ3v) is 3.86. The van der Waals surface area contributed by atoms with E-state index in [0.29, 0.717) is 25.4 Å². The molecule has 0 spiro atoms. The number of rotatable bonds is 5. The van der Waals surface area contributed by atoms with E-state index in [2.05, 4.69) is 5.32 Å². The normalized spacial score (nSPS) is 14.2. The molecule has 1 aliphatic rings. The summed E-state index contributed by atoms with van der Waals surface area (Å²) < 4.78 is 5.40. The van der Waals surface area contributed by atoms with Crippen LogP contribution in [-0.2, 0) is 4.79 Å². The van der Waals surface area contributed by atoms with Gasteiger partial charge in [0.05, 0.1) is 12.4 Å². The number of hydrogen-bond donors (Lipinski definition) is 2.